The molecule has 0 unspecified atom stereocenters. The number of anilines is 2. The molecule has 0 aliphatic rings. The van der Waals surface area contributed by atoms with E-state index >= 15 is 0 Å². The average Bonchev–Trinajstić information content (AvgIpc) is 2.75. The Morgan fingerprint density at radius 3 is 2.84 bits per heavy atom. The Balaban J connectivity index is 2.05. The molecule has 1 aromatic heterocycles. The first-order chi connectivity index (χ1) is 9.06. The number of hydrogen-bond donors (Lipinski definition) is 3. The second-order valence-corrected chi connectivity index (χ2v) is 3.81. The number of H-pyrrole nitrogens is 1. The van der Waals surface area contributed by atoms with E-state index in [0.29, 0.717) is 11.5 Å². The zero-order chi connectivity index (χ0) is 13.8. The first kappa shape index (κ1) is 12.6. The molecule has 1 heterocycles. The highest BCUT2D eigenvalue weighted by atomic mass is 16.6. The summed E-state index contributed by atoms with van der Waals surface area (Å²) >= 11 is 0. The summed E-state index contributed by atoms with van der Waals surface area (Å²) in [5, 5.41) is 22.0. The minimum atomic E-state index is -0.526. The van der Waals surface area contributed by atoms with Crippen LogP contribution in [0.4, 0.5) is 22.0 Å². The van der Waals surface area contributed by atoms with Gasteiger partial charge in [-0.2, -0.15) is 5.10 Å². The number of carbonyl (C=O) groups is 1. The van der Waals surface area contributed by atoms with E-state index in [1.54, 1.807) is 19.2 Å². The number of aromatic amines is 1. The summed E-state index contributed by atoms with van der Waals surface area (Å²) in [5.41, 5.74) is 1.04. The van der Waals surface area contributed by atoms with Crippen molar-refractivity contribution in [2.24, 2.45) is 0 Å². The predicted molar refractivity (Wildman–Crippen MR) is 69.1 cm³/mol. The van der Waals surface area contributed by atoms with Gasteiger partial charge in [0.1, 0.15) is 5.82 Å². The van der Waals surface area contributed by atoms with Crippen molar-refractivity contribution in [3.63, 3.8) is 0 Å². The second-order valence-electron chi connectivity index (χ2n) is 3.81. The molecule has 3 N–H and O–H groups in total. The maximum atomic E-state index is 11.7. The third-order valence-corrected chi connectivity index (χ3v) is 2.38. The summed E-state index contributed by atoms with van der Waals surface area (Å²) in [4.78, 5) is 21.8. The Morgan fingerprint density at radius 2 is 2.21 bits per heavy atom. The maximum Gasteiger partial charge on any atom is 0.324 e. The van der Waals surface area contributed by atoms with Gasteiger partial charge in [-0.25, -0.2) is 4.79 Å². The zero-order valence-corrected chi connectivity index (χ0v) is 10.0. The summed E-state index contributed by atoms with van der Waals surface area (Å²) in [6, 6.07) is 5.18. The van der Waals surface area contributed by atoms with Gasteiger partial charge in [0.25, 0.3) is 5.69 Å². The van der Waals surface area contributed by atoms with E-state index in [-0.39, 0.29) is 5.69 Å². The lowest BCUT2D eigenvalue weighted by atomic mass is 10.3. The fourth-order valence-electron chi connectivity index (χ4n) is 1.45. The van der Waals surface area contributed by atoms with Gasteiger partial charge >= 0.3 is 6.03 Å². The standard InChI is InChI=1S/C11H11N5O3/c1-7-6-12-15-10(7)14-11(17)13-8-3-2-4-9(5-8)16(18)19/h2-6H,1H3,(H3,12,13,14,15,17). The molecule has 2 rings (SSSR count). The Bertz CT molecular complexity index is 622. The van der Waals surface area contributed by atoms with Gasteiger partial charge in [-0.3, -0.25) is 20.5 Å². The van der Waals surface area contributed by atoms with Gasteiger partial charge in [-0.1, -0.05) is 6.07 Å². The number of aryl methyl sites for hydroxylation is 1. The van der Waals surface area contributed by atoms with Crippen LogP contribution in [-0.2, 0) is 0 Å². The number of non-ortho nitro benzene ring substituents is 1. The maximum absolute atomic E-state index is 11.7. The first-order valence-electron chi connectivity index (χ1n) is 5.38. The fraction of sp³-hybridized carbons (Fsp3) is 0.0909. The predicted octanol–water partition coefficient (Wildman–Crippen LogP) is 2.27. The van der Waals surface area contributed by atoms with Crippen molar-refractivity contribution >= 4 is 23.2 Å². The number of carbonyl (C=O) groups excluding carboxylic acids is 1. The number of aromatic nitrogens is 2. The second kappa shape index (κ2) is 5.17. The first-order valence-corrected chi connectivity index (χ1v) is 5.38. The molecule has 0 radical (unpaired) electrons. The highest BCUT2D eigenvalue weighted by Gasteiger charge is 2.09. The molecule has 8 nitrogen and oxygen atoms in total. The van der Waals surface area contributed by atoms with Gasteiger partial charge in [0.05, 0.1) is 11.1 Å². The number of rotatable bonds is 3. The number of nitrogens with one attached hydrogen (secondary N) is 3. The van der Waals surface area contributed by atoms with Crippen molar-refractivity contribution < 1.29 is 9.72 Å². The molecule has 0 saturated heterocycles. The van der Waals surface area contributed by atoms with Crippen molar-refractivity contribution in [1.29, 1.82) is 0 Å². The lowest BCUT2D eigenvalue weighted by Crippen LogP contribution is -2.20. The average molecular weight is 261 g/mol. The van der Waals surface area contributed by atoms with Crippen molar-refractivity contribution in [1.82, 2.24) is 10.2 Å². The zero-order valence-electron chi connectivity index (χ0n) is 10.0. The molecule has 0 spiro atoms. The van der Waals surface area contributed by atoms with Crippen LogP contribution >= 0.6 is 0 Å². The number of benzene rings is 1. The van der Waals surface area contributed by atoms with E-state index in [9.17, 15) is 14.9 Å². The number of amides is 2. The van der Waals surface area contributed by atoms with Crippen LogP contribution in [0.15, 0.2) is 30.5 Å². The van der Waals surface area contributed by atoms with Gasteiger partial charge in [-0.05, 0) is 13.0 Å². The molecule has 8 heteroatoms. The van der Waals surface area contributed by atoms with E-state index < -0.39 is 11.0 Å². The third kappa shape index (κ3) is 3.06. The molecular weight excluding hydrogens is 250 g/mol. The quantitative estimate of drug-likeness (QED) is 0.580. The molecule has 0 saturated carbocycles. The number of nitro benzene ring substituents is 1. The van der Waals surface area contributed by atoms with Gasteiger partial charge in [-0.15, -0.1) is 0 Å². The summed E-state index contributed by atoms with van der Waals surface area (Å²) in [5.74, 6) is 0.475. The SMILES string of the molecule is Cc1cn[nH]c1NC(=O)Nc1cccc([N+](=O)[O-])c1. The Hall–Kier alpha value is -2.90. The minimum absolute atomic E-state index is 0.0875. The highest BCUT2D eigenvalue weighted by Crippen LogP contribution is 2.17. The van der Waals surface area contributed by atoms with Crippen LogP contribution in [0.3, 0.4) is 0 Å². The Labute approximate surface area is 108 Å². The van der Waals surface area contributed by atoms with E-state index in [1.807, 2.05) is 0 Å². The molecule has 1 aromatic carbocycles. The van der Waals surface area contributed by atoms with Crippen molar-refractivity contribution in [3.8, 4) is 0 Å². The molecule has 0 aliphatic heterocycles. The number of nitrogens with zero attached hydrogens (tertiary/aromatic N) is 2. The van der Waals surface area contributed by atoms with Gasteiger partial charge < -0.3 is 5.32 Å². The van der Waals surface area contributed by atoms with Gasteiger partial charge in [0, 0.05) is 23.4 Å². The van der Waals surface area contributed by atoms with E-state index in [2.05, 4.69) is 20.8 Å². The number of hydrogen-bond acceptors (Lipinski definition) is 4. The van der Waals surface area contributed by atoms with Crippen LogP contribution in [-0.4, -0.2) is 21.2 Å². The lowest BCUT2D eigenvalue weighted by molar-refractivity contribution is -0.384. The summed E-state index contributed by atoms with van der Waals surface area (Å²) in [6.45, 7) is 1.78. The summed E-state index contributed by atoms with van der Waals surface area (Å²) in [6.07, 6.45) is 1.57. The molecule has 0 fully saturated rings. The minimum Gasteiger partial charge on any atom is -0.307 e. The molecule has 0 aliphatic carbocycles. The topological polar surface area (TPSA) is 113 Å². The van der Waals surface area contributed by atoms with Crippen LogP contribution in [0, 0.1) is 17.0 Å². The molecule has 2 amide bonds. The lowest BCUT2D eigenvalue weighted by Gasteiger charge is -2.06. The molecule has 2 aromatic rings. The smallest absolute Gasteiger partial charge is 0.307 e. The Kier molecular flexibility index (Phi) is 3.42. The highest BCUT2D eigenvalue weighted by molar-refractivity contribution is 5.99. The number of urea groups is 1. The van der Waals surface area contributed by atoms with Crippen LogP contribution in [0.5, 0.6) is 0 Å². The summed E-state index contributed by atoms with van der Waals surface area (Å²) < 4.78 is 0. The Morgan fingerprint density at radius 1 is 1.42 bits per heavy atom. The van der Waals surface area contributed by atoms with Crippen molar-refractivity contribution in [2.75, 3.05) is 10.6 Å². The van der Waals surface area contributed by atoms with Crippen molar-refractivity contribution in [3.05, 3.63) is 46.1 Å². The molecule has 0 atom stereocenters. The molecule has 98 valence electrons. The van der Waals surface area contributed by atoms with E-state index in [4.69, 9.17) is 0 Å². The van der Waals surface area contributed by atoms with E-state index in [1.165, 1.54) is 18.2 Å². The third-order valence-electron chi connectivity index (χ3n) is 2.38. The monoisotopic (exact) mass is 261 g/mol. The van der Waals surface area contributed by atoms with Gasteiger partial charge in [0.2, 0.25) is 0 Å². The normalized spacial score (nSPS) is 9.95. The van der Waals surface area contributed by atoms with Crippen LogP contribution in [0.25, 0.3) is 0 Å². The molecule has 0 bridgehead atoms. The van der Waals surface area contributed by atoms with Crippen LogP contribution in [0.2, 0.25) is 0 Å². The number of nitro groups is 1. The van der Waals surface area contributed by atoms with Crippen LogP contribution in [0.1, 0.15) is 5.56 Å². The van der Waals surface area contributed by atoms with Crippen LogP contribution < -0.4 is 10.6 Å². The summed E-state index contributed by atoms with van der Waals surface area (Å²) in [7, 11) is 0. The van der Waals surface area contributed by atoms with Crippen molar-refractivity contribution in [2.45, 2.75) is 6.92 Å². The fourth-order valence-corrected chi connectivity index (χ4v) is 1.45. The molecule has 19 heavy (non-hydrogen) atoms. The van der Waals surface area contributed by atoms with E-state index in [0.717, 1.165) is 5.56 Å². The van der Waals surface area contributed by atoms with Gasteiger partial charge in [0.15, 0.2) is 0 Å². The molecular formula is C11H11N5O3. The largest absolute Gasteiger partial charge is 0.324 e.